The molecule has 3 rings (SSSR count). The zero-order valence-electron chi connectivity index (χ0n) is 12.7. The van der Waals surface area contributed by atoms with Gasteiger partial charge in [-0.05, 0) is 52.2 Å². The average molecular weight is 326 g/mol. The number of benzene rings is 1. The fourth-order valence-corrected chi connectivity index (χ4v) is 3.77. The molecule has 1 fully saturated rings. The van der Waals surface area contributed by atoms with Gasteiger partial charge in [0.2, 0.25) is 0 Å². The lowest BCUT2D eigenvalue weighted by molar-refractivity contribution is 0.335. The molecular weight excluding hydrogens is 305 g/mol. The van der Waals surface area contributed by atoms with E-state index in [-0.39, 0.29) is 5.38 Å². The first-order chi connectivity index (χ1) is 10.0. The molecule has 1 aromatic carbocycles. The van der Waals surface area contributed by atoms with Crippen LogP contribution in [0, 0.1) is 0 Å². The Labute approximate surface area is 135 Å². The van der Waals surface area contributed by atoms with Gasteiger partial charge in [0.1, 0.15) is 11.3 Å². The summed E-state index contributed by atoms with van der Waals surface area (Å²) in [6.07, 6.45) is 3.64. The van der Waals surface area contributed by atoms with Crippen molar-refractivity contribution < 1.29 is 0 Å². The molecule has 0 bridgehead atoms. The van der Waals surface area contributed by atoms with E-state index in [9.17, 15) is 0 Å². The monoisotopic (exact) mass is 325 g/mol. The minimum atomic E-state index is -0.158. The zero-order chi connectivity index (χ0) is 15.1. The van der Waals surface area contributed by atoms with Gasteiger partial charge in [-0.2, -0.15) is 0 Å². The molecule has 0 aliphatic carbocycles. The number of hydrogen-bond acceptors (Lipinski definition) is 2. The van der Waals surface area contributed by atoms with Gasteiger partial charge in [0.25, 0.3) is 0 Å². The lowest BCUT2D eigenvalue weighted by Crippen LogP contribution is -2.51. The minimum Gasteiger partial charge on any atom is -0.305 e. The van der Waals surface area contributed by atoms with Crippen molar-refractivity contribution in [2.45, 2.75) is 57.5 Å². The largest absolute Gasteiger partial charge is 0.305 e. The van der Waals surface area contributed by atoms with Crippen LogP contribution in [0.25, 0.3) is 11.0 Å². The quantitative estimate of drug-likeness (QED) is 0.733. The first-order valence-corrected chi connectivity index (χ1v) is 8.41. The van der Waals surface area contributed by atoms with Gasteiger partial charge in [-0.25, -0.2) is 9.66 Å². The van der Waals surface area contributed by atoms with Crippen molar-refractivity contribution in [1.82, 2.24) is 9.66 Å². The summed E-state index contributed by atoms with van der Waals surface area (Å²) < 4.78 is 2.17. The standard InChI is InChI=1S/C16H21Cl2N3/c1-10-6-4-7-11(2)20(10)21-15-13(18)8-5-9-14(15)19-16(21)12(3)17/h5,8-12H,4,6-7H2,1-3H3. The van der Waals surface area contributed by atoms with Crippen LogP contribution in [0.4, 0.5) is 0 Å². The smallest absolute Gasteiger partial charge is 0.146 e. The average Bonchev–Trinajstić information content (AvgIpc) is 2.80. The van der Waals surface area contributed by atoms with Crippen molar-refractivity contribution in [1.29, 1.82) is 0 Å². The number of fused-ring (bicyclic) bond motifs is 1. The van der Waals surface area contributed by atoms with Crippen molar-refractivity contribution in [3.05, 3.63) is 29.0 Å². The Bertz CT molecular complexity index is 640. The molecule has 3 unspecified atom stereocenters. The fourth-order valence-electron chi connectivity index (χ4n) is 3.38. The van der Waals surface area contributed by atoms with Gasteiger partial charge < -0.3 is 5.01 Å². The molecule has 2 heterocycles. The van der Waals surface area contributed by atoms with Crippen LogP contribution >= 0.6 is 23.2 Å². The molecule has 1 aliphatic heterocycles. The van der Waals surface area contributed by atoms with E-state index in [1.54, 1.807) is 0 Å². The number of piperidine rings is 1. The maximum Gasteiger partial charge on any atom is 0.146 e. The van der Waals surface area contributed by atoms with E-state index in [4.69, 9.17) is 28.2 Å². The second kappa shape index (κ2) is 5.69. The fraction of sp³-hybridized carbons (Fsp3) is 0.562. The zero-order valence-corrected chi connectivity index (χ0v) is 14.2. The van der Waals surface area contributed by atoms with Crippen LogP contribution in [0.2, 0.25) is 5.02 Å². The molecule has 0 N–H and O–H groups in total. The van der Waals surface area contributed by atoms with E-state index in [1.807, 2.05) is 25.1 Å². The van der Waals surface area contributed by atoms with E-state index in [1.165, 1.54) is 19.3 Å². The van der Waals surface area contributed by atoms with Gasteiger partial charge in [0.05, 0.1) is 15.9 Å². The molecule has 0 spiro atoms. The van der Waals surface area contributed by atoms with Crippen LogP contribution in [0.3, 0.4) is 0 Å². The number of halogens is 2. The maximum atomic E-state index is 6.46. The number of aromatic nitrogens is 2. The Kier molecular flexibility index (Phi) is 4.06. The third-order valence-corrected chi connectivity index (χ3v) is 4.86. The van der Waals surface area contributed by atoms with Gasteiger partial charge in [-0.15, -0.1) is 11.6 Å². The van der Waals surface area contributed by atoms with E-state index < -0.39 is 0 Å². The molecule has 0 radical (unpaired) electrons. The molecule has 21 heavy (non-hydrogen) atoms. The van der Waals surface area contributed by atoms with Gasteiger partial charge >= 0.3 is 0 Å². The predicted molar refractivity (Wildman–Crippen MR) is 90.0 cm³/mol. The second-order valence-corrected chi connectivity index (χ2v) is 7.08. The van der Waals surface area contributed by atoms with Crippen LogP contribution in [0.1, 0.15) is 51.2 Å². The second-order valence-electron chi connectivity index (χ2n) is 6.01. The Morgan fingerprint density at radius 3 is 2.52 bits per heavy atom. The van der Waals surface area contributed by atoms with E-state index in [0.717, 1.165) is 21.9 Å². The molecule has 3 nitrogen and oxygen atoms in total. The summed E-state index contributed by atoms with van der Waals surface area (Å²) in [6, 6.07) is 6.77. The number of nitrogens with zero attached hydrogens (tertiary/aromatic N) is 3. The number of imidazole rings is 1. The van der Waals surface area contributed by atoms with Gasteiger partial charge in [-0.3, -0.25) is 0 Å². The molecule has 5 heteroatoms. The molecule has 0 amide bonds. The molecule has 1 aliphatic rings. The summed E-state index contributed by atoms with van der Waals surface area (Å²) in [4.78, 5) is 4.72. The highest BCUT2D eigenvalue weighted by molar-refractivity contribution is 6.35. The summed E-state index contributed by atoms with van der Waals surface area (Å²) in [5.74, 6) is 0.875. The normalized spacial score (nSPS) is 24.5. The van der Waals surface area contributed by atoms with Gasteiger partial charge in [-0.1, -0.05) is 17.7 Å². The Hall–Kier alpha value is -0.930. The summed E-state index contributed by atoms with van der Waals surface area (Å²) >= 11 is 12.9. The Morgan fingerprint density at radius 1 is 1.24 bits per heavy atom. The number of hydrogen-bond donors (Lipinski definition) is 0. The first kappa shape index (κ1) is 15.0. The van der Waals surface area contributed by atoms with Crippen LogP contribution < -0.4 is 5.01 Å². The van der Waals surface area contributed by atoms with Crippen molar-refractivity contribution in [2.75, 3.05) is 5.01 Å². The van der Waals surface area contributed by atoms with E-state index in [2.05, 4.69) is 23.5 Å². The van der Waals surface area contributed by atoms with E-state index >= 15 is 0 Å². The first-order valence-electron chi connectivity index (χ1n) is 7.60. The van der Waals surface area contributed by atoms with Crippen molar-refractivity contribution in [3.63, 3.8) is 0 Å². The topological polar surface area (TPSA) is 21.1 Å². The van der Waals surface area contributed by atoms with Crippen molar-refractivity contribution >= 4 is 34.2 Å². The number of para-hydroxylation sites is 1. The lowest BCUT2D eigenvalue weighted by Gasteiger charge is -2.42. The van der Waals surface area contributed by atoms with Gasteiger partial charge in [0.15, 0.2) is 0 Å². The summed E-state index contributed by atoms with van der Waals surface area (Å²) in [7, 11) is 0. The highest BCUT2D eigenvalue weighted by Crippen LogP contribution is 2.33. The maximum absolute atomic E-state index is 6.46. The Morgan fingerprint density at radius 2 is 1.90 bits per heavy atom. The summed E-state index contributed by atoms with van der Waals surface area (Å²) in [6.45, 7) is 6.49. The molecule has 0 saturated carbocycles. The minimum absolute atomic E-state index is 0.158. The summed E-state index contributed by atoms with van der Waals surface area (Å²) in [5.41, 5.74) is 1.89. The Balaban J connectivity index is 2.26. The van der Waals surface area contributed by atoms with Crippen LogP contribution in [0.5, 0.6) is 0 Å². The lowest BCUT2D eigenvalue weighted by atomic mass is 10.00. The SMILES string of the molecule is CC(Cl)c1nc2cccc(Cl)c2n1N1C(C)CCCC1C. The molecule has 2 aromatic rings. The molecule has 1 saturated heterocycles. The van der Waals surface area contributed by atoms with Crippen LogP contribution in [-0.4, -0.2) is 21.7 Å². The third-order valence-electron chi connectivity index (χ3n) is 4.36. The molecule has 114 valence electrons. The van der Waals surface area contributed by atoms with E-state index in [0.29, 0.717) is 12.1 Å². The highest BCUT2D eigenvalue weighted by atomic mass is 35.5. The van der Waals surface area contributed by atoms with Gasteiger partial charge in [0, 0.05) is 12.1 Å². The van der Waals surface area contributed by atoms with Crippen molar-refractivity contribution in [2.24, 2.45) is 0 Å². The van der Waals surface area contributed by atoms with Crippen LogP contribution in [-0.2, 0) is 0 Å². The number of rotatable bonds is 2. The predicted octanol–water partition coefficient (Wildman–Crippen LogP) is 4.89. The van der Waals surface area contributed by atoms with Crippen LogP contribution in [0.15, 0.2) is 18.2 Å². The molecule has 1 aromatic heterocycles. The van der Waals surface area contributed by atoms with Crippen molar-refractivity contribution in [3.8, 4) is 0 Å². The third kappa shape index (κ3) is 2.51. The molecular formula is C16H21Cl2N3. The molecule has 3 atom stereocenters. The summed E-state index contributed by atoms with van der Waals surface area (Å²) in [5, 5.41) is 2.97. The number of alkyl halides is 1. The highest BCUT2D eigenvalue weighted by Gasteiger charge is 2.30.